The van der Waals surface area contributed by atoms with Crippen molar-refractivity contribution in [2.75, 3.05) is 68.7 Å². The highest BCUT2D eigenvalue weighted by molar-refractivity contribution is 9.10. The van der Waals surface area contributed by atoms with E-state index in [0.29, 0.717) is 11.4 Å². The average Bonchev–Trinajstić information content (AvgIpc) is 4.14. The second-order valence-corrected chi connectivity index (χ2v) is 21.1. The Labute approximate surface area is 458 Å². The number of hydrogen-bond donors (Lipinski definition) is 0. The van der Waals surface area contributed by atoms with E-state index in [1.807, 2.05) is 34.9 Å². The number of hydrogen-bond acceptors (Lipinski definition) is 12. The SMILES string of the molecule is CN1CC=C(B2OC(C)(C)C(C)(C)O2)CC1.COc1cc(-n2cnc3cc(Br)ccc32)cc(OC)c1C(=O)CCC(F)(F)F.COc1cc(-n2cnc3cc(C4=CCN(C)CC4)ccc32)cc(OC)c1C(=O)CCC(F)(F)F. The number of methoxy groups -OCH3 is 4. The van der Waals surface area contributed by atoms with Crippen molar-refractivity contribution in [2.24, 2.45) is 0 Å². The maximum Gasteiger partial charge on any atom is 0.490 e. The lowest BCUT2D eigenvalue weighted by Gasteiger charge is -2.32. The van der Waals surface area contributed by atoms with Gasteiger partial charge in [-0.15, -0.1) is 0 Å². The highest BCUT2D eigenvalue weighted by atomic mass is 79.9. The van der Waals surface area contributed by atoms with Crippen LogP contribution >= 0.6 is 15.9 Å². The normalized spacial score (nSPS) is 16.7. The lowest BCUT2D eigenvalue weighted by Crippen LogP contribution is -2.41. The van der Waals surface area contributed by atoms with Gasteiger partial charge in [-0.1, -0.05) is 34.1 Å². The standard InChI is InChI=1S/C25H26F3N3O3.C19H16BrF3N2O3.C12H22BNO2/c1-30-10-7-16(8-11-30)17-4-5-20-19(12-17)29-15-31(20)18-13-22(33-2)24(23(14-18)34-3)21(32)6-9-25(26,27)28;1-27-16-8-12(25-10-24-13-7-11(20)3-4-14(13)25)9-17(28-2)18(16)15(26)5-6-19(21,22)23;1-11(2)12(3,4)16-13(15-11)10-6-8-14(5)9-7-10/h4-5,7,12-15H,6,8-11H2,1-3H3;3-4,7-10H,5-6H2,1-2H3;6H,7-9H2,1-5H3. The molecule has 78 heavy (non-hydrogen) atoms. The number of rotatable bonds is 14. The van der Waals surface area contributed by atoms with Gasteiger partial charge in [-0.25, -0.2) is 9.97 Å². The molecule has 5 heterocycles. The van der Waals surface area contributed by atoms with E-state index < -0.39 is 49.6 Å². The summed E-state index contributed by atoms with van der Waals surface area (Å²) in [4.78, 5) is 38.4. The van der Waals surface area contributed by atoms with Gasteiger partial charge in [0.1, 0.15) is 46.8 Å². The van der Waals surface area contributed by atoms with E-state index in [2.05, 4.69) is 95.7 Å². The Morgan fingerprint density at radius 1 is 0.628 bits per heavy atom. The number of Topliss-reactive ketones (excluding diaryl/α,β-unsaturated/α-hetero) is 2. The summed E-state index contributed by atoms with van der Waals surface area (Å²) in [5.74, 6) is -0.810. The fourth-order valence-electron chi connectivity index (χ4n) is 9.02. The minimum absolute atomic E-state index is 0.00101. The number of carbonyl (C=O) groups excluding carboxylic acids is 2. The number of ether oxygens (including phenoxy) is 4. The van der Waals surface area contributed by atoms with Crippen LogP contribution in [0, 0.1) is 0 Å². The molecule has 0 bridgehead atoms. The number of fused-ring (bicyclic) bond motifs is 2. The summed E-state index contributed by atoms with van der Waals surface area (Å²) in [6.07, 6.45) is -2.86. The molecule has 0 radical (unpaired) electrons. The highest BCUT2D eigenvalue weighted by Gasteiger charge is 2.52. The summed E-state index contributed by atoms with van der Waals surface area (Å²) < 4.78 is 113. The van der Waals surface area contributed by atoms with Crippen LogP contribution in [0.2, 0.25) is 0 Å². The molecule has 9 rings (SSSR count). The van der Waals surface area contributed by atoms with Gasteiger partial charge in [0.15, 0.2) is 11.6 Å². The van der Waals surface area contributed by atoms with Gasteiger partial charge in [-0.3, -0.25) is 18.7 Å². The fourth-order valence-corrected chi connectivity index (χ4v) is 9.37. The number of benzene rings is 4. The third-order valence-corrected chi connectivity index (χ3v) is 14.7. The quantitative estimate of drug-likeness (QED) is 0.0584. The Hall–Kier alpha value is -6.20. The smallest absolute Gasteiger partial charge is 0.490 e. The predicted molar refractivity (Wildman–Crippen MR) is 292 cm³/mol. The first-order valence-corrected chi connectivity index (χ1v) is 26.0. The van der Waals surface area contributed by atoms with Crippen LogP contribution in [0.15, 0.2) is 95.4 Å². The molecule has 1 saturated heterocycles. The van der Waals surface area contributed by atoms with E-state index in [1.165, 1.54) is 39.5 Å². The summed E-state index contributed by atoms with van der Waals surface area (Å²) in [7, 11) is 9.52. The number of carbonyl (C=O) groups is 2. The van der Waals surface area contributed by atoms with E-state index in [4.69, 9.17) is 28.3 Å². The van der Waals surface area contributed by atoms with Crippen molar-refractivity contribution in [1.82, 2.24) is 28.9 Å². The van der Waals surface area contributed by atoms with Crippen LogP contribution in [0.4, 0.5) is 26.3 Å². The first-order chi connectivity index (χ1) is 36.7. The van der Waals surface area contributed by atoms with Crippen LogP contribution in [-0.4, -0.2) is 140 Å². The van der Waals surface area contributed by atoms with E-state index in [-0.39, 0.29) is 52.4 Å². The second kappa shape index (κ2) is 24.4. The second-order valence-electron chi connectivity index (χ2n) is 20.2. The summed E-state index contributed by atoms with van der Waals surface area (Å²) in [5.41, 5.74) is 7.70. The zero-order chi connectivity index (χ0) is 56.9. The van der Waals surface area contributed by atoms with Crippen LogP contribution < -0.4 is 18.9 Å². The Morgan fingerprint density at radius 3 is 1.45 bits per heavy atom. The number of ketones is 2. The summed E-state index contributed by atoms with van der Waals surface area (Å²) in [6, 6.07) is 18.0. The maximum absolute atomic E-state index is 12.6. The highest BCUT2D eigenvalue weighted by Crippen LogP contribution is 2.41. The van der Waals surface area contributed by atoms with Crippen LogP contribution in [0.25, 0.3) is 39.0 Å². The molecule has 0 N–H and O–H groups in total. The van der Waals surface area contributed by atoms with Crippen molar-refractivity contribution in [2.45, 2.75) is 89.8 Å². The molecule has 22 heteroatoms. The van der Waals surface area contributed by atoms with Gasteiger partial charge in [0.05, 0.1) is 85.9 Å². The molecule has 0 spiro atoms. The third-order valence-electron chi connectivity index (χ3n) is 14.2. The molecule has 0 aliphatic carbocycles. The minimum Gasteiger partial charge on any atom is -0.496 e. The average molecular weight is 1150 g/mol. The Balaban J connectivity index is 0.000000180. The first kappa shape index (κ1) is 59.5. The van der Waals surface area contributed by atoms with Crippen molar-refractivity contribution >= 4 is 62.3 Å². The first-order valence-electron chi connectivity index (χ1n) is 25.2. The van der Waals surface area contributed by atoms with Crippen LogP contribution in [0.5, 0.6) is 23.0 Å². The van der Waals surface area contributed by atoms with E-state index >= 15 is 0 Å². The molecule has 0 saturated carbocycles. The molecule has 418 valence electrons. The molecule has 2 aromatic heterocycles. The third kappa shape index (κ3) is 14.2. The zero-order valence-electron chi connectivity index (χ0n) is 45.3. The number of nitrogens with zero attached hydrogens (tertiary/aromatic N) is 6. The zero-order valence-corrected chi connectivity index (χ0v) is 46.9. The van der Waals surface area contributed by atoms with Gasteiger partial charge in [0, 0.05) is 67.8 Å². The molecule has 0 amide bonds. The number of aromatic nitrogens is 4. The molecule has 0 atom stereocenters. The van der Waals surface area contributed by atoms with Crippen molar-refractivity contribution in [3.63, 3.8) is 0 Å². The molecule has 3 aliphatic heterocycles. The van der Waals surface area contributed by atoms with Crippen LogP contribution in [0.1, 0.15) is 92.5 Å². The molecule has 1 fully saturated rings. The predicted octanol–water partition coefficient (Wildman–Crippen LogP) is 12.5. The molecular weight excluding hydrogens is 1090 g/mol. The van der Waals surface area contributed by atoms with E-state index in [0.717, 1.165) is 71.1 Å². The largest absolute Gasteiger partial charge is 0.496 e. The number of halogens is 7. The molecule has 3 aliphatic rings. The monoisotopic (exact) mass is 1150 g/mol. The van der Waals surface area contributed by atoms with E-state index in [9.17, 15) is 35.9 Å². The molecule has 6 aromatic rings. The number of likely N-dealkylation sites (N-methyl/N-ethyl adjacent to an activating group) is 2. The van der Waals surface area contributed by atoms with Gasteiger partial charge in [-0.2, -0.15) is 26.3 Å². The van der Waals surface area contributed by atoms with Crippen LogP contribution in [0.3, 0.4) is 0 Å². The number of alkyl halides is 6. The van der Waals surface area contributed by atoms with Gasteiger partial charge in [-0.05, 0) is 102 Å². The van der Waals surface area contributed by atoms with Crippen molar-refractivity contribution in [1.29, 1.82) is 0 Å². The molecule has 14 nitrogen and oxygen atoms in total. The number of imidazole rings is 2. The lowest BCUT2D eigenvalue weighted by atomic mass is 9.75. The summed E-state index contributed by atoms with van der Waals surface area (Å²) in [5, 5.41) is 0. The minimum atomic E-state index is -4.42. The Bertz CT molecular complexity index is 3140. The maximum atomic E-state index is 12.6. The fraction of sp³-hybridized carbons (Fsp3) is 0.429. The van der Waals surface area contributed by atoms with Gasteiger partial charge >= 0.3 is 19.5 Å². The van der Waals surface area contributed by atoms with Gasteiger partial charge < -0.3 is 38.1 Å². The van der Waals surface area contributed by atoms with Gasteiger partial charge in [0.25, 0.3) is 0 Å². The van der Waals surface area contributed by atoms with Crippen molar-refractivity contribution in [3.8, 4) is 34.4 Å². The molecule has 0 unspecified atom stereocenters. The molecular formula is C56H64BBrF6N6O8. The van der Waals surface area contributed by atoms with E-state index in [1.54, 1.807) is 41.5 Å². The Morgan fingerprint density at radius 2 is 1.05 bits per heavy atom. The van der Waals surface area contributed by atoms with Crippen LogP contribution in [-0.2, 0) is 9.31 Å². The summed E-state index contributed by atoms with van der Waals surface area (Å²) in [6.45, 7) is 12.4. The van der Waals surface area contributed by atoms with Gasteiger partial charge in [0.2, 0.25) is 0 Å². The summed E-state index contributed by atoms with van der Waals surface area (Å²) >= 11 is 3.39. The lowest BCUT2D eigenvalue weighted by molar-refractivity contribution is -0.134. The van der Waals surface area contributed by atoms with Crippen molar-refractivity contribution < 1.29 is 64.2 Å². The topological polar surface area (TPSA) is 132 Å². The Kier molecular flexibility index (Phi) is 18.6. The molecule has 4 aromatic carbocycles. The van der Waals surface area contributed by atoms with Crippen molar-refractivity contribution in [3.05, 3.63) is 112 Å².